The maximum atomic E-state index is 5.84. The lowest BCUT2D eigenvalue weighted by atomic mass is 9.93. The van der Waals surface area contributed by atoms with Gasteiger partial charge in [-0.05, 0) is 10.8 Å². The zero-order valence-corrected chi connectivity index (χ0v) is 10.5. The molecule has 3 heteroatoms. The first-order valence-corrected chi connectivity index (χ1v) is 5.46. The van der Waals surface area contributed by atoms with Gasteiger partial charge in [-0.1, -0.05) is 34.6 Å². The molecule has 1 aliphatic carbocycles. The summed E-state index contributed by atoms with van der Waals surface area (Å²) in [5.41, 5.74) is 7.66. The van der Waals surface area contributed by atoms with Crippen LogP contribution in [0.5, 0.6) is 0 Å². The maximum absolute atomic E-state index is 5.84. The number of rotatable bonds is 1. The third kappa shape index (κ3) is 0.894. The molecular weight excluding hydrogens is 186 g/mol. The Morgan fingerprint density at radius 2 is 1.60 bits per heavy atom. The van der Waals surface area contributed by atoms with E-state index < -0.39 is 0 Å². The fourth-order valence-corrected chi connectivity index (χ4v) is 2.96. The highest BCUT2D eigenvalue weighted by molar-refractivity contribution is 5.44. The molecule has 0 amide bonds. The summed E-state index contributed by atoms with van der Waals surface area (Å²) in [6, 6.07) is 2.01. The predicted molar refractivity (Wildman–Crippen MR) is 62.5 cm³/mol. The van der Waals surface area contributed by atoms with Gasteiger partial charge in [0.05, 0.1) is 5.69 Å². The highest BCUT2D eigenvalue weighted by Crippen LogP contribution is 2.77. The molecule has 0 unspecified atom stereocenters. The lowest BCUT2D eigenvalue weighted by Crippen LogP contribution is -2.12. The Morgan fingerprint density at radius 3 is 1.87 bits per heavy atom. The average molecular weight is 207 g/mol. The Balaban J connectivity index is 2.50. The third-order valence-corrected chi connectivity index (χ3v) is 5.43. The van der Waals surface area contributed by atoms with Crippen LogP contribution in [0.4, 0.5) is 5.82 Å². The van der Waals surface area contributed by atoms with E-state index in [-0.39, 0.29) is 16.2 Å². The molecule has 84 valence electrons. The second-order valence-electron chi connectivity index (χ2n) is 5.95. The van der Waals surface area contributed by atoms with Gasteiger partial charge in [0.1, 0.15) is 5.82 Å². The number of nitrogens with two attached hydrogens (primary N) is 1. The average Bonchev–Trinajstić information content (AvgIpc) is 2.44. The van der Waals surface area contributed by atoms with E-state index in [1.165, 1.54) is 0 Å². The minimum atomic E-state index is 0.134. The zero-order chi connectivity index (χ0) is 11.6. The SMILES string of the molecule is Cn1nc(C2(C)C(C)(C)C2(C)C)cc1N. The smallest absolute Gasteiger partial charge is 0.121 e. The van der Waals surface area contributed by atoms with Crippen molar-refractivity contribution in [2.45, 2.75) is 40.0 Å². The largest absolute Gasteiger partial charge is 0.384 e. The summed E-state index contributed by atoms with van der Waals surface area (Å²) >= 11 is 0. The number of aryl methyl sites for hydroxylation is 1. The van der Waals surface area contributed by atoms with Gasteiger partial charge in [-0.15, -0.1) is 0 Å². The zero-order valence-electron chi connectivity index (χ0n) is 10.5. The first kappa shape index (κ1) is 10.5. The molecule has 0 aromatic carbocycles. The lowest BCUT2D eigenvalue weighted by Gasteiger charge is -2.11. The number of nitrogen functional groups attached to an aromatic ring is 1. The van der Waals surface area contributed by atoms with E-state index in [4.69, 9.17) is 5.73 Å². The highest BCUT2D eigenvalue weighted by atomic mass is 15.3. The van der Waals surface area contributed by atoms with Gasteiger partial charge in [-0.2, -0.15) is 5.10 Å². The Morgan fingerprint density at radius 1 is 1.13 bits per heavy atom. The molecule has 2 rings (SSSR count). The highest BCUT2D eigenvalue weighted by Gasteiger charge is 2.75. The van der Waals surface area contributed by atoms with Crippen molar-refractivity contribution in [3.8, 4) is 0 Å². The standard InChI is InChI=1S/C12H21N3/c1-10(2)11(3,4)12(10,5)8-7-9(13)15(6)14-8/h7H,13H2,1-6H3. The van der Waals surface area contributed by atoms with Crippen molar-refractivity contribution in [3.63, 3.8) is 0 Å². The Labute approximate surface area is 91.7 Å². The van der Waals surface area contributed by atoms with Crippen molar-refractivity contribution in [1.29, 1.82) is 0 Å². The van der Waals surface area contributed by atoms with Crippen molar-refractivity contribution in [3.05, 3.63) is 11.8 Å². The van der Waals surface area contributed by atoms with Gasteiger partial charge in [0.2, 0.25) is 0 Å². The molecule has 1 aromatic heterocycles. The second-order valence-corrected chi connectivity index (χ2v) is 5.95. The number of hydrogen-bond acceptors (Lipinski definition) is 2. The molecular formula is C12H21N3. The predicted octanol–water partition coefficient (Wildman–Crippen LogP) is 2.33. The van der Waals surface area contributed by atoms with Gasteiger partial charge < -0.3 is 5.73 Å². The van der Waals surface area contributed by atoms with E-state index in [1.807, 2.05) is 13.1 Å². The molecule has 0 atom stereocenters. The van der Waals surface area contributed by atoms with Crippen LogP contribution >= 0.6 is 0 Å². The summed E-state index contributed by atoms with van der Waals surface area (Å²) in [5.74, 6) is 0.740. The Hall–Kier alpha value is -0.990. The molecule has 1 saturated carbocycles. The molecule has 0 spiro atoms. The summed E-state index contributed by atoms with van der Waals surface area (Å²) in [6.07, 6.45) is 0. The number of hydrogen-bond donors (Lipinski definition) is 1. The van der Waals surface area contributed by atoms with Crippen LogP contribution in [0.15, 0.2) is 6.07 Å². The summed E-state index contributed by atoms with van der Waals surface area (Å²) in [6.45, 7) is 11.5. The van der Waals surface area contributed by atoms with Gasteiger partial charge >= 0.3 is 0 Å². The first-order chi connectivity index (χ1) is 6.66. The molecule has 1 heterocycles. The van der Waals surface area contributed by atoms with E-state index >= 15 is 0 Å². The van der Waals surface area contributed by atoms with Crippen LogP contribution in [-0.4, -0.2) is 9.78 Å². The molecule has 0 aliphatic heterocycles. The van der Waals surface area contributed by atoms with Gasteiger partial charge in [-0.3, -0.25) is 4.68 Å². The van der Waals surface area contributed by atoms with Crippen LogP contribution < -0.4 is 5.73 Å². The van der Waals surface area contributed by atoms with Gasteiger partial charge in [0.15, 0.2) is 0 Å². The fourth-order valence-electron chi connectivity index (χ4n) is 2.96. The number of anilines is 1. The van der Waals surface area contributed by atoms with E-state index in [0.29, 0.717) is 0 Å². The Bertz CT molecular complexity index is 379. The van der Waals surface area contributed by atoms with Crippen LogP contribution in [0.2, 0.25) is 0 Å². The van der Waals surface area contributed by atoms with Crippen molar-refractivity contribution < 1.29 is 0 Å². The molecule has 1 aromatic rings. The lowest BCUT2D eigenvalue weighted by molar-refractivity contribution is 0.457. The van der Waals surface area contributed by atoms with Crippen LogP contribution in [0.25, 0.3) is 0 Å². The summed E-state index contributed by atoms with van der Waals surface area (Å²) < 4.78 is 1.76. The molecule has 0 saturated heterocycles. The van der Waals surface area contributed by atoms with Crippen molar-refractivity contribution in [2.75, 3.05) is 5.73 Å². The first-order valence-electron chi connectivity index (χ1n) is 5.46. The molecule has 0 bridgehead atoms. The molecule has 15 heavy (non-hydrogen) atoms. The monoisotopic (exact) mass is 207 g/mol. The summed E-state index contributed by atoms with van der Waals surface area (Å²) in [4.78, 5) is 0. The third-order valence-electron chi connectivity index (χ3n) is 5.43. The molecule has 1 aliphatic rings. The second kappa shape index (κ2) is 2.39. The topological polar surface area (TPSA) is 43.8 Å². The minimum absolute atomic E-state index is 0.134. The number of aromatic nitrogens is 2. The van der Waals surface area contributed by atoms with Crippen LogP contribution in [0.1, 0.15) is 40.3 Å². The van der Waals surface area contributed by atoms with Crippen molar-refractivity contribution in [1.82, 2.24) is 9.78 Å². The van der Waals surface area contributed by atoms with Crippen molar-refractivity contribution >= 4 is 5.82 Å². The minimum Gasteiger partial charge on any atom is -0.384 e. The van der Waals surface area contributed by atoms with E-state index in [1.54, 1.807) is 4.68 Å². The van der Waals surface area contributed by atoms with E-state index in [2.05, 4.69) is 39.7 Å². The Kier molecular flexibility index (Phi) is 1.68. The summed E-state index contributed by atoms with van der Waals surface area (Å²) in [7, 11) is 1.89. The fraction of sp³-hybridized carbons (Fsp3) is 0.750. The molecule has 0 radical (unpaired) electrons. The summed E-state index contributed by atoms with van der Waals surface area (Å²) in [5, 5.41) is 4.53. The van der Waals surface area contributed by atoms with Crippen LogP contribution in [-0.2, 0) is 12.5 Å². The van der Waals surface area contributed by atoms with Crippen molar-refractivity contribution in [2.24, 2.45) is 17.9 Å². The maximum Gasteiger partial charge on any atom is 0.121 e. The van der Waals surface area contributed by atoms with Gasteiger partial charge in [-0.25, -0.2) is 0 Å². The van der Waals surface area contributed by atoms with Crippen LogP contribution in [0, 0.1) is 10.8 Å². The quantitative estimate of drug-likeness (QED) is 0.768. The molecule has 1 fully saturated rings. The van der Waals surface area contributed by atoms with E-state index in [0.717, 1.165) is 11.5 Å². The molecule has 3 nitrogen and oxygen atoms in total. The van der Waals surface area contributed by atoms with Crippen LogP contribution in [0.3, 0.4) is 0 Å². The normalized spacial score (nSPS) is 25.2. The van der Waals surface area contributed by atoms with Gasteiger partial charge in [0, 0.05) is 18.5 Å². The molecule has 2 N–H and O–H groups in total. The number of nitrogens with zero attached hydrogens (tertiary/aromatic N) is 2. The van der Waals surface area contributed by atoms with E-state index in [9.17, 15) is 0 Å². The van der Waals surface area contributed by atoms with Gasteiger partial charge in [0.25, 0.3) is 0 Å².